The van der Waals surface area contributed by atoms with Crippen molar-refractivity contribution in [1.82, 2.24) is 0 Å². The molecule has 3 atom stereocenters. The van der Waals surface area contributed by atoms with Gasteiger partial charge in [-0.3, -0.25) is 0 Å². The molecule has 0 bridgehead atoms. The van der Waals surface area contributed by atoms with Crippen LogP contribution in [0.1, 0.15) is 66.7 Å². The molecule has 0 aromatic carbocycles. The van der Waals surface area contributed by atoms with Crippen molar-refractivity contribution in [1.29, 1.82) is 0 Å². The molecule has 0 aromatic rings. The summed E-state index contributed by atoms with van der Waals surface area (Å²) >= 11 is 0. The van der Waals surface area contributed by atoms with E-state index in [4.69, 9.17) is 0 Å². The molecule has 84 valence electrons. The highest BCUT2D eigenvalue weighted by Crippen LogP contribution is 2.42. The molecule has 1 aliphatic carbocycles. The van der Waals surface area contributed by atoms with Gasteiger partial charge in [0.15, 0.2) is 0 Å². The lowest BCUT2D eigenvalue weighted by Crippen LogP contribution is -2.10. The van der Waals surface area contributed by atoms with Gasteiger partial charge in [-0.1, -0.05) is 53.9 Å². The zero-order valence-electron chi connectivity index (χ0n) is 10.8. The quantitative estimate of drug-likeness (QED) is 0.587. The summed E-state index contributed by atoms with van der Waals surface area (Å²) < 4.78 is 0. The lowest BCUT2D eigenvalue weighted by Gasteiger charge is -2.23. The molecule has 0 amide bonds. The van der Waals surface area contributed by atoms with Gasteiger partial charge in [-0.15, -0.1) is 0 Å². The molecule has 1 aliphatic rings. The zero-order chi connectivity index (χ0) is 10.8. The van der Waals surface area contributed by atoms with E-state index in [1.165, 1.54) is 32.1 Å². The third-order valence-corrected chi connectivity index (χ3v) is 3.51. The third-order valence-electron chi connectivity index (χ3n) is 3.51. The van der Waals surface area contributed by atoms with Crippen LogP contribution in [0.25, 0.3) is 0 Å². The van der Waals surface area contributed by atoms with Gasteiger partial charge in [0.2, 0.25) is 0 Å². The number of rotatable bonds is 5. The van der Waals surface area contributed by atoms with Crippen LogP contribution in [0.4, 0.5) is 0 Å². The number of hydrogen-bond acceptors (Lipinski definition) is 0. The maximum atomic E-state index is 2.42. The molecule has 0 heterocycles. The van der Waals surface area contributed by atoms with E-state index in [1.807, 2.05) is 0 Å². The molecular formula is C14H28. The normalized spacial score (nSPS) is 28.9. The predicted molar refractivity (Wildman–Crippen MR) is 64.4 cm³/mol. The Morgan fingerprint density at radius 2 is 1.86 bits per heavy atom. The van der Waals surface area contributed by atoms with Crippen molar-refractivity contribution in [3.63, 3.8) is 0 Å². The maximum absolute atomic E-state index is 2.42. The molecular weight excluding hydrogens is 168 g/mol. The Morgan fingerprint density at radius 1 is 1.29 bits per heavy atom. The summed E-state index contributed by atoms with van der Waals surface area (Å²) in [5, 5.41) is 0. The summed E-state index contributed by atoms with van der Waals surface area (Å²) in [6, 6.07) is 0. The molecule has 1 rings (SSSR count). The van der Waals surface area contributed by atoms with Gasteiger partial charge in [0.05, 0.1) is 0 Å². The standard InChI is InChI=1S/C14H28/c1-11(10-14(3,4)5)7-6-8-13-9-12(13)2/h11-13H,6-10H2,1-5H3. The van der Waals surface area contributed by atoms with Gasteiger partial charge >= 0.3 is 0 Å². The highest BCUT2D eigenvalue weighted by atomic mass is 14.4. The Labute approximate surface area is 90.5 Å². The molecule has 14 heavy (non-hydrogen) atoms. The van der Waals surface area contributed by atoms with Crippen molar-refractivity contribution in [2.45, 2.75) is 66.7 Å². The van der Waals surface area contributed by atoms with Crippen molar-refractivity contribution < 1.29 is 0 Å². The fourth-order valence-corrected chi connectivity index (χ4v) is 2.68. The average Bonchev–Trinajstić information content (AvgIpc) is 2.62. The Bertz CT molecular complexity index is 163. The molecule has 1 saturated carbocycles. The van der Waals surface area contributed by atoms with Crippen molar-refractivity contribution >= 4 is 0 Å². The molecule has 1 fully saturated rings. The Kier molecular flexibility index (Phi) is 4.04. The largest absolute Gasteiger partial charge is 0.0625 e. The van der Waals surface area contributed by atoms with E-state index in [2.05, 4.69) is 34.6 Å². The summed E-state index contributed by atoms with van der Waals surface area (Å²) in [5.74, 6) is 3.06. The second-order valence-corrected chi connectivity index (χ2v) is 6.77. The van der Waals surface area contributed by atoms with Crippen LogP contribution >= 0.6 is 0 Å². The lowest BCUT2D eigenvalue weighted by atomic mass is 9.83. The highest BCUT2D eigenvalue weighted by Gasteiger charge is 2.31. The minimum atomic E-state index is 0.520. The molecule has 0 saturated heterocycles. The first-order valence-corrected chi connectivity index (χ1v) is 6.38. The fourth-order valence-electron chi connectivity index (χ4n) is 2.68. The second-order valence-electron chi connectivity index (χ2n) is 6.77. The first kappa shape index (κ1) is 12.1. The number of hydrogen-bond donors (Lipinski definition) is 0. The topological polar surface area (TPSA) is 0 Å². The SMILES string of the molecule is CC(CCCC1CC1C)CC(C)(C)C. The van der Waals surface area contributed by atoms with E-state index < -0.39 is 0 Å². The van der Waals surface area contributed by atoms with E-state index >= 15 is 0 Å². The second kappa shape index (κ2) is 4.68. The van der Waals surface area contributed by atoms with E-state index in [0.717, 1.165) is 17.8 Å². The van der Waals surface area contributed by atoms with Gasteiger partial charge in [-0.2, -0.15) is 0 Å². The van der Waals surface area contributed by atoms with Crippen LogP contribution < -0.4 is 0 Å². The Morgan fingerprint density at radius 3 is 2.29 bits per heavy atom. The van der Waals surface area contributed by atoms with Crippen molar-refractivity contribution in [3.05, 3.63) is 0 Å². The molecule has 3 unspecified atom stereocenters. The molecule has 0 aromatic heterocycles. The van der Waals surface area contributed by atoms with Crippen molar-refractivity contribution in [2.24, 2.45) is 23.2 Å². The van der Waals surface area contributed by atoms with E-state index in [9.17, 15) is 0 Å². The third kappa shape index (κ3) is 5.02. The van der Waals surface area contributed by atoms with Gasteiger partial charge in [0.25, 0.3) is 0 Å². The fraction of sp³-hybridized carbons (Fsp3) is 1.00. The van der Waals surface area contributed by atoms with Crippen LogP contribution in [0.15, 0.2) is 0 Å². The summed E-state index contributed by atoms with van der Waals surface area (Å²) in [6.07, 6.45) is 7.29. The molecule has 0 radical (unpaired) electrons. The van der Waals surface area contributed by atoms with Crippen LogP contribution in [0.2, 0.25) is 0 Å². The van der Waals surface area contributed by atoms with Gasteiger partial charge in [-0.05, 0) is 36.0 Å². The smallest absolute Gasteiger partial charge is 0.0380 e. The maximum Gasteiger partial charge on any atom is -0.0380 e. The summed E-state index contributed by atoms with van der Waals surface area (Å²) in [6.45, 7) is 11.9. The van der Waals surface area contributed by atoms with E-state index in [-0.39, 0.29) is 0 Å². The van der Waals surface area contributed by atoms with Crippen LogP contribution in [0, 0.1) is 23.2 Å². The highest BCUT2D eigenvalue weighted by molar-refractivity contribution is 4.82. The minimum Gasteiger partial charge on any atom is -0.0625 e. The Hall–Kier alpha value is 0. The summed E-state index contributed by atoms with van der Waals surface area (Å²) in [4.78, 5) is 0. The van der Waals surface area contributed by atoms with Crippen LogP contribution in [0.3, 0.4) is 0 Å². The van der Waals surface area contributed by atoms with Gasteiger partial charge in [0.1, 0.15) is 0 Å². The average molecular weight is 196 g/mol. The van der Waals surface area contributed by atoms with Gasteiger partial charge in [-0.25, -0.2) is 0 Å². The van der Waals surface area contributed by atoms with E-state index in [0.29, 0.717) is 5.41 Å². The summed E-state index contributed by atoms with van der Waals surface area (Å²) in [5.41, 5.74) is 0.520. The molecule has 0 nitrogen and oxygen atoms in total. The first-order chi connectivity index (χ1) is 6.38. The minimum absolute atomic E-state index is 0.520. The first-order valence-electron chi connectivity index (χ1n) is 6.38. The van der Waals surface area contributed by atoms with Crippen molar-refractivity contribution in [2.75, 3.05) is 0 Å². The van der Waals surface area contributed by atoms with Crippen molar-refractivity contribution in [3.8, 4) is 0 Å². The molecule has 0 aliphatic heterocycles. The van der Waals surface area contributed by atoms with Gasteiger partial charge < -0.3 is 0 Å². The summed E-state index contributed by atoms with van der Waals surface area (Å²) in [7, 11) is 0. The zero-order valence-corrected chi connectivity index (χ0v) is 10.8. The van der Waals surface area contributed by atoms with E-state index in [1.54, 1.807) is 0 Å². The molecule has 0 N–H and O–H groups in total. The van der Waals surface area contributed by atoms with Crippen LogP contribution in [-0.2, 0) is 0 Å². The Balaban J connectivity index is 2.00. The lowest BCUT2D eigenvalue weighted by molar-refractivity contribution is 0.290. The molecule has 0 spiro atoms. The molecule has 0 heteroatoms. The van der Waals surface area contributed by atoms with Crippen LogP contribution in [-0.4, -0.2) is 0 Å². The van der Waals surface area contributed by atoms with Crippen LogP contribution in [0.5, 0.6) is 0 Å². The van der Waals surface area contributed by atoms with Gasteiger partial charge in [0, 0.05) is 0 Å². The monoisotopic (exact) mass is 196 g/mol. The predicted octanol–water partition coefficient (Wildman–Crippen LogP) is 4.89.